The standard InChI is InChI=1S/C21H23N3O/c1-15-8-11-24(12-9-15)21-22-10-7-20(23-21)18-4-3-17-14-19(25-2)6-5-16(17)13-18/h3-7,10,13-15H,8-9,11-12H2,1-2H3. The molecule has 1 aliphatic heterocycles. The zero-order chi connectivity index (χ0) is 17.2. The summed E-state index contributed by atoms with van der Waals surface area (Å²) in [7, 11) is 1.69. The Bertz CT molecular complexity index is 885. The first-order valence-corrected chi connectivity index (χ1v) is 8.89. The maximum absolute atomic E-state index is 5.30. The van der Waals surface area contributed by atoms with Crippen LogP contribution in [0.3, 0.4) is 0 Å². The molecule has 1 aromatic heterocycles. The monoisotopic (exact) mass is 333 g/mol. The molecule has 25 heavy (non-hydrogen) atoms. The van der Waals surface area contributed by atoms with Crippen LogP contribution in [0.2, 0.25) is 0 Å². The Morgan fingerprint density at radius 2 is 1.76 bits per heavy atom. The second kappa shape index (κ2) is 6.71. The van der Waals surface area contributed by atoms with Crippen molar-refractivity contribution in [1.29, 1.82) is 0 Å². The van der Waals surface area contributed by atoms with Crippen LogP contribution in [-0.2, 0) is 0 Å². The fourth-order valence-electron chi connectivity index (χ4n) is 3.38. The predicted molar refractivity (Wildman–Crippen MR) is 102 cm³/mol. The van der Waals surface area contributed by atoms with Crippen molar-refractivity contribution in [2.24, 2.45) is 5.92 Å². The van der Waals surface area contributed by atoms with Gasteiger partial charge in [0.2, 0.25) is 5.95 Å². The van der Waals surface area contributed by atoms with E-state index in [-0.39, 0.29) is 0 Å². The molecule has 0 radical (unpaired) electrons. The quantitative estimate of drug-likeness (QED) is 0.705. The molecule has 2 heterocycles. The number of nitrogens with zero attached hydrogens (tertiary/aromatic N) is 3. The summed E-state index contributed by atoms with van der Waals surface area (Å²) in [6.07, 6.45) is 4.30. The third kappa shape index (κ3) is 3.29. The van der Waals surface area contributed by atoms with Crippen LogP contribution in [0.15, 0.2) is 48.7 Å². The summed E-state index contributed by atoms with van der Waals surface area (Å²) in [5.41, 5.74) is 2.09. The molecule has 4 nitrogen and oxygen atoms in total. The minimum absolute atomic E-state index is 0.803. The van der Waals surface area contributed by atoms with Gasteiger partial charge in [-0.15, -0.1) is 0 Å². The van der Waals surface area contributed by atoms with Gasteiger partial charge in [-0.05, 0) is 53.8 Å². The normalized spacial score (nSPS) is 15.5. The van der Waals surface area contributed by atoms with E-state index in [4.69, 9.17) is 9.72 Å². The smallest absolute Gasteiger partial charge is 0.225 e. The zero-order valence-corrected chi connectivity index (χ0v) is 14.8. The largest absolute Gasteiger partial charge is 0.497 e. The summed E-state index contributed by atoms with van der Waals surface area (Å²) < 4.78 is 5.30. The Kier molecular flexibility index (Phi) is 4.26. The van der Waals surface area contributed by atoms with E-state index >= 15 is 0 Å². The Morgan fingerprint density at radius 3 is 2.56 bits per heavy atom. The molecule has 0 spiro atoms. The number of hydrogen-bond donors (Lipinski definition) is 0. The highest BCUT2D eigenvalue weighted by atomic mass is 16.5. The lowest BCUT2D eigenvalue weighted by molar-refractivity contribution is 0.415. The fourth-order valence-corrected chi connectivity index (χ4v) is 3.38. The van der Waals surface area contributed by atoms with Crippen molar-refractivity contribution in [1.82, 2.24) is 9.97 Å². The van der Waals surface area contributed by atoms with Gasteiger partial charge in [0, 0.05) is 24.8 Å². The Morgan fingerprint density at radius 1 is 1.00 bits per heavy atom. The second-order valence-corrected chi connectivity index (χ2v) is 6.84. The molecule has 0 saturated carbocycles. The van der Waals surface area contributed by atoms with E-state index < -0.39 is 0 Å². The summed E-state index contributed by atoms with van der Waals surface area (Å²) in [6, 6.07) is 14.5. The third-order valence-corrected chi connectivity index (χ3v) is 5.05. The lowest BCUT2D eigenvalue weighted by Gasteiger charge is -2.30. The fraction of sp³-hybridized carbons (Fsp3) is 0.333. The molecule has 0 unspecified atom stereocenters. The molecule has 0 amide bonds. The molecule has 1 aliphatic rings. The van der Waals surface area contributed by atoms with Gasteiger partial charge >= 0.3 is 0 Å². The van der Waals surface area contributed by atoms with Gasteiger partial charge in [0.15, 0.2) is 0 Å². The van der Waals surface area contributed by atoms with Crippen LogP contribution < -0.4 is 9.64 Å². The number of anilines is 1. The van der Waals surface area contributed by atoms with Crippen LogP contribution in [0, 0.1) is 5.92 Å². The molecule has 128 valence electrons. The molecular weight excluding hydrogens is 310 g/mol. The number of methoxy groups -OCH3 is 1. The van der Waals surface area contributed by atoms with E-state index in [0.717, 1.165) is 42.0 Å². The summed E-state index contributed by atoms with van der Waals surface area (Å²) in [4.78, 5) is 11.6. The predicted octanol–water partition coefficient (Wildman–Crippen LogP) is 4.54. The number of piperidine rings is 1. The first kappa shape index (κ1) is 15.9. The van der Waals surface area contributed by atoms with E-state index in [1.165, 1.54) is 23.6 Å². The van der Waals surface area contributed by atoms with Crippen molar-refractivity contribution in [2.75, 3.05) is 25.1 Å². The van der Waals surface area contributed by atoms with Gasteiger partial charge in [-0.2, -0.15) is 0 Å². The van der Waals surface area contributed by atoms with Gasteiger partial charge in [-0.3, -0.25) is 0 Å². The van der Waals surface area contributed by atoms with Gasteiger partial charge in [0.1, 0.15) is 5.75 Å². The average molecular weight is 333 g/mol. The van der Waals surface area contributed by atoms with E-state index in [0.29, 0.717) is 0 Å². The van der Waals surface area contributed by atoms with Gasteiger partial charge in [0.25, 0.3) is 0 Å². The van der Waals surface area contributed by atoms with Crippen LogP contribution in [0.25, 0.3) is 22.0 Å². The van der Waals surface area contributed by atoms with Crippen molar-refractivity contribution in [3.63, 3.8) is 0 Å². The minimum Gasteiger partial charge on any atom is -0.497 e. The van der Waals surface area contributed by atoms with Gasteiger partial charge in [-0.1, -0.05) is 25.1 Å². The van der Waals surface area contributed by atoms with E-state index in [1.54, 1.807) is 7.11 Å². The minimum atomic E-state index is 0.803. The Hall–Kier alpha value is -2.62. The molecule has 4 heteroatoms. The van der Waals surface area contributed by atoms with Gasteiger partial charge in [0.05, 0.1) is 12.8 Å². The molecular formula is C21H23N3O. The summed E-state index contributed by atoms with van der Waals surface area (Å²) >= 11 is 0. The molecule has 0 atom stereocenters. The van der Waals surface area contributed by atoms with Gasteiger partial charge < -0.3 is 9.64 Å². The number of rotatable bonds is 3. The van der Waals surface area contributed by atoms with E-state index in [2.05, 4.69) is 47.1 Å². The molecule has 0 bridgehead atoms. The highest BCUT2D eigenvalue weighted by Gasteiger charge is 2.18. The highest BCUT2D eigenvalue weighted by molar-refractivity contribution is 5.88. The third-order valence-electron chi connectivity index (χ3n) is 5.05. The molecule has 0 N–H and O–H groups in total. The van der Waals surface area contributed by atoms with Crippen molar-refractivity contribution < 1.29 is 4.74 Å². The number of ether oxygens (including phenoxy) is 1. The molecule has 1 saturated heterocycles. The van der Waals surface area contributed by atoms with Crippen LogP contribution >= 0.6 is 0 Å². The van der Waals surface area contributed by atoms with Crippen molar-refractivity contribution >= 4 is 16.7 Å². The summed E-state index contributed by atoms with van der Waals surface area (Å²) in [6.45, 7) is 4.41. The summed E-state index contributed by atoms with van der Waals surface area (Å²) in [5, 5.41) is 2.35. The zero-order valence-electron chi connectivity index (χ0n) is 14.8. The second-order valence-electron chi connectivity index (χ2n) is 6.84. The SMILES string of the molecule is COc1ccc2cc(-c3ccnc(N4CCC(C)CC4)n3)ccc2c1. The number of benzene rings is 2. The first-order chi connectivity index (χ1) is 12.2. The Balaban J connectivity index is 1.65. The summed E-state index contributed by atoms with van der Waals surface area (Å²) in [5.74, 6) is 2.53. The number of hydrogen-bond acceptors (Lipinski definition) is 4. The molecule has 1 fully saturated rings. The van der Waals surface area contributed by atoms with Crippen molar-refractivity contribution in [2.45, 2.75) is 19.8 Å². The highest BCUT2D eigenvalue weighted by Crippen LogP contribution is 2.27. The topological polar surface area (TPSA) is 38.2 Å². The van der Waals surface area contributed by atoms with Crippen molar-refractivity contribution in [3.8, 4) is 17.0 Å². The lowest BCUT2D eigenvalue weighted by atomic mass is 10.00. The average Bonchev–Trinajstić information content (AvgIpc) is 2.68. The van der Waals surface area contributed by atoms with Crippen LogP contribution in [-0.4, -0.2) is 30.2 Å². The molecule has 0 aliphatic carbocycles. The maximum atomic E-state index is 5.30. The van der Waals surface area contributed by atoms with E-state index in [1.807, 2.05) is 18.3 Å². The van der Waals surface area contributed by atoms with Crippen LogP contribution in [0.4, 0.5) is 5.95 Å². The van der Waals surface area contributed by atoms with E-state index in [9.17, 15) is 0 Å². The van der Waals surface area contributed by atoms with Crippen LogP contribution in [0.1, 0.15) is 19.8 Å². The molecule has 2 aromatic carbocycles. The van der Waals surface area contributed by atoms with Crippen LogP contribution in [0.5, 0.6) is 5.75 Å². The Labute approximate surface area is 148 Å². The van der Waals surface area contributed by atoms with Gasteiger partial charge in [-0.25, -0.2) is 9.97 Å². The first-order valence-electron chi connectivity index (χ1n) is 8.89. The lowest BCUT2D eigenvalue weighted by Crippen LogP contribution is -2.34. The maximum Gasteiger partial charge on any atom is 0.225 e. The molecule has 4 rings (SSSR count). The molecule has 3 aromatic rings. The van der Waals surface area contributed by atoms with Crippen molar-refractivity contribution in [3.05, 3.63) is 48.7 Å². The number of fused-ring (bicyclic) bond motifs is 1. The number of aromatic nitrogens is 2.